The van der Waals surface area contributed by atoms with Crippen molar-refractivity contribution in [3.8, 4) is 0 Å². The minimum atomic E-state index is -0.943. The minimum absolute atomic E-state index is 0.204. The first-order valence-corrected chi connectivity index (χ1v) is 7.81. The van der Waals surface area contributed by atoms with Crippen LogP contribution in [-0.2, 0) is 11.3 Å². The Morgan fingerprint density at radius 3 is 2.61 bits per heavy atom. The molecule has 1 fully saturated rings. The van der Waals surface area contributed by atoms with E-state index in [-0.39, 0.29) is 6.54 Å². The Bertz CT molecular complexity index is 702. The smallest absolute Gasteiger partial charge is 0.322 e. The lowest BCUT2D eigenvalue weighted by Gasteiger charge is -2.10. The van der Waals surface area contributed by atoms with Crippen LogP contribution in [0.5, 0.6) is 0 Å². The molecule has 7 heteroatoms. The molecule has 6 nitrogen and oxygen atoms in total. The number of carboxylic acid groups (broad SMARTS) is 1. The molecule has 1 aromatic heterocycles. The molecule has 1 aromatic carbocycles. The molecule has 0 amide bonds. The number of anilines is 2. The third-order valence-electron chi connectivity index (χ3n) is 3.53. The van der Waals surface area contributed by atoms with Gasteiger partial charge >= 0.3 is 5.97 Å². The van der Waals surface area contributed by atoms with Crippen molar-refractivity contribution in [1.82, 2.24) is 9.97 Å². The molecule has 1 aliphatic rings. The molecule has 120 valence electrons. The molecule has 0 bridgehead atoms. The maximum absolute atomic E-state index is 10.7. The molecular weight excluding hydrogens is 316 g/mol. The molecule has 3 rings (SSSR count). The van der Waals surface area contributed by atoms with Crippen molar-refractivity contribution >= 4 is 29.3 Å². The van der Waals surface area contributed by atoms with E-state index in [2.05, 4.69) is 20.6 Å². The van der Waals surface area contributed by atoms with Gasteiger partial charge in [0.1, 0.15) is 12.4 Å². The highest BCUT2D eigenvalue weighted by Gasteiger charge is 2.26. The number of hydrogen-bond acceptors (Lipinski definition) is 5. The Labute approximate surface area is 138 Å². The summed E-state index contributed by atoms with van der Waals surface area (Å²) >= 11 is 5.88. The number of hydrogen-bond donors (Lipinski definition) is 3. The lowest BCUT2D eigenvalue weighted by atomic mass is 10.2. The van der Waals surface area contributed by atoms with Crippen LogP contribution in [0.25, 0.3) is 0 Å². The van der Waals surface area contributed by atoms with Crippen LogP contribution in [0.1, 0.15) is 30.0 Å². The molecule has 2 aromatic rings. The van der Waals surface area contributed by atoms with Crippen LogP contribution in [0.3, 0.4) is 0 Å². The summed E-state index contributed by atoms with van der Waals surface area (Å²) in [6, 6.07) is 9.51. The zero-order valence-electron chi connectivity index (χ0n) is 12.4. The van der Waals surface area contributed by atoms with Gasteiger partial charge in [0.2, 0.25) is 5.95 Å². The molecule has 0 radical (unpaired) electrons. The predicted molar refractivity (Wildman–Crippen MR) is 88.9 cm³/mol. The topological polar surface area (TPSA) is 87.1 Å². The van der Waals surface area contributed by atoms with Crippen LogP contribution in [0.15, 0.2) is 30.3 Å². The number of rotatable bonds is 7. The number of aromatic nitrogens is 2. The van der Waals surface area contributed by atoms with E-state index in [1.165, 1.54) is 0 Å². The number of carbonyl (C=O) groups is 1. The van der Waals surface area contributed by atoms with Gasteiger partial charge < -0.3 is 15.7 Å². The first kappa shape index (κ1) is 15.6. The molecule has 0 atom stereocenters. The standard InChI is InChI=1S/C16H17ClN4O2/c17-12-5-1-10(2-6-12)8-18-14-7-13(11-3-4-11)20-16(21-14)19-9-15(22)23/h1-2,5-7,11H,3-4,8-9H2,(H,22,23)(H2,18,19,20,21). The second-order valence-corrected chi connectivity index (χ2v) is 5.94. The lowest BCUT2D eigenvalue weighted by Crippen LogP contribution is -2.15. The van der Waals surface area contributed by atoms with Gasteiger partial charge in [0.15, 0.2) is 0 Å². The van der Waals surface area contributed by atoms with Crippen LogP contribution in [0.2, 0.25) is 5.02 Å². The third-order valence-corrected chi connectivity index (χ3v) is 3.78. The number of nitrogens with one attached hydrogen (secondary N) is 2. The molecule has 1 aliphatic carbocycles. The maximum atomic E-state index is 10.7. The van der Waals surface area contributed by atoms with Crippen molar-refractivity contribution in [3.05, 3.63) is 46.6 Å². The molecule has 1 heterocycles. The highest BCUT2D eigenvalue weighted by Crippen LogP contribution is 2.39. The largest absolute Gasteiger partial charge is 0.480 e. The number of halogens is 1. The van der Waals surface area contributed by atoms with Crippen molar-refractivity contribution < 1.29 is 9.90 Å². The van der Waals surface area contributed by atoms with Crippen LogP contribution in [-0.4, -0.2) is 27.6 Å². The number of nitrogens with zero attached hydrogens (tertiary/aromatic N) is 2. The fourth-order valence-corrected chi connectivity index (χ4v) is 2.30. The maximum Gasteiger partial charge on any atom is 0.322 e. The lowest BCUT2D eigenvalue weighted by molar-refractivity contribution is -0.134. The number of aliphatic carboxylic acids is 1. The second-order valence-electron chi connectivity index (χ2n) is 5.50. The van der Waals surface area contributed by atoms with E-state index in [1.54, 1.807) is 0 Å². The highest BCUT2D eigenvalue weighted by atomic mass is 35.5. The van der Waals surface area contributed by atoms with Gasteiger partial charge in [0, 0.05) is 23.6 Å². The summed E-state index contributed by atoms with van der Waals surface area (Å²) in [5.41, 5.74) is 2.03. The predicted octanol–water partition coefficient (Wildman–Crippen LogP) is 3.12. The van der Waals surface area contributed by atoms with Gasteiger partial charge in [-0.25, -0.2) is 4.98 Å². The van der Waals surface area contributed by atoms with E-state index < -0.39 is 5.97 Å². The van der Waals surface area contributed by atoms with Crippen molar-refractivity contribution in [2.24, 2.45) is 0 Å². The molecule has 0 aliphatic heterocycles. The van der Waals surface area contributed by atoms with Crippen LogP contribution in [0.4, 0.5) is 11.8 Å². The second kappa shape index (κ2) is 6.83. The number of carboxylic acids is 1. The molecule has 3 N–H and O–H groups in total. The Hall–Kier alpha value is -2.34. The van der Waals surface area contributed by atoms with Crippen LogP contribution >= 0.6 is 11.6 Å². The summed E-state index contributed by atoms with van der Waals surface area (Å²) in [6.07, 6.45) is 2.23. The third kappa shape index (κ3) is 4.56. The van der Waals surface area contributed by atoms with Gasteiger partial charge in [-0.1, -0.05) is 23.7 Å². The van der Waals surface area contributed by atoms with Gasteiger partial charge in [0.05, 0.1) is 5.69 Å². The molecule has 23 heavy (non-hydrogen) atoms. The minimum Gasteiger partial charge on any atom is -0.480 e. The zero-order chi connectivity index (χ0) is 16.2. The van der Waals surface area contributed by atoms with Crippen molar-refractivity contribution in [3.63, 3.8) is 0 Å². The Morgan fingerprint density at radius 1 is 1.22 bits per heavy atom. The van der Waals surface area contributed by atoms with Crippen molar-refractivity contribution in [2.45, 2.75) is 25.3 Å². The van der Waals surface area contributed by atoms with E-state index >= 15 is 0 Å². The summed E-state index contributed by atoms with van der Waals surface area (Å²) < 4.78 is 0. The van der Waals surface area contributed by atoms with E-state index in [1.807, 2.05) is 30.3 Å². The van der Waals surface area contributed by atoms with Crippen LogP contribution in [0, 0.1) is 0 Å². The van der Waals surface area contributed by atoms with Gasteiger partial charge in [-0.2, -0.15) is 4.98 Å². The summed E-state index contributed by atoms with van der Waals surface area (Å²) in [5, 5.41) is 15.4. The normalized spacial score (nSPS) is 13.6. The van der Waals surface area contributed by atoms with E-state index in [0.29, 0.717) is 29.3 Å². The van der Waals surface area contributed by atoms with E-state index in [0.717, 1.165) is 24.1 Å². The molecule has 0 unspecified atom stereocenters. The molecule has 1 saturated carbocycles. The first-order chi connectivity index (χ1) is 11.1. The van der Waals surface area contributed by atoms with E-state index in [9.17, 15) is 4.79 Å². The summed E-state index contributed by atoms with van der Waals surface area (Å²) in [4.78, 5) is 19.4. The highest BCUT2D eigenvalue weighted by molar-refractivity contribution is 6.30. The number of benzene rings is 1. The van der Waals surface area contributed by atoms with Gasteiger partial charge in [-0.3, -0.25) is 4.79 Å². The van der Waals surface area contributed by atoms with Crippen LogP contribution < -0.4 is 10.6 Å². The van der Waals surface area contributed by atoms with Crippen molar-refractivity contribution in [1.29, 1.82) is 0 Å². The summed E-state index contributed by atoms with van der Waals surface area (Å²) in [5.74, 6) is 0.542. The average Bonchev–Trinajstić information content (AvgIpc) is 3.37. The zero-order valence-corrected chi connectivity index (χ0v) is 13.2. The van der Waals surface area contributed by atoms with Gasteiger partial charge in [0.25, 0.3) is 0 Å². The first-order valence-electron chi connectivity index (χ1n) is 7.43. The molecular formula is C16H17ClN4O2. The van der Waals surface area contributed by atoms with Gasteiger partial charge in [-0.15, -0.1) is 0 Å². The fourth-order valence-electron chi connectivity index (χ4n) is 2.17. The SMILES string of the molecule is O=C(O)CNc1nc(NCc2ccc(Cl)cc2)cc(C2CC2)n1. The molecule has 0 spiro atoms. The monoisotopic (exact) mass is 332 g/mol. The van der Waals surface area contributed by atoms with E-state index in [4.69, 9.17) is 16.7 Å². The van der Waals surface area contributed by atoms with Crippen molar-refractivity contribution in [2.75, 3.05) is 17.2 Å². The fraction of sp³-hybridized carbons (Fsp3) is 0.312. The van der Waals surface area contributed by atoms with Gasteiger partial charge in [-0.05, 0) is 30.5 Å². The molecule has 0 saturated heterocycles. The quantitative estimate of drug-likeness (QED) is 0.722. The Balaban J connectivity index is 1.71. The summed E-state index contributed by atoms with van der Waals surface area (Å²) in [6.45, 7) is 0.404. The summed E-state index contributed by atoms with van der Waals surface area (Å²) in [7, 11) is 0. The average molecular weight is 333 g/mol. The Kier molecular flexibility index (Phi) is 4.62. The Morgan fingerprint density at radius 2 is 1.96 bits per heavy atom.